The predicted octanol–water partition coefficient (Wildman–Crippen LogP) is 7.58. The normalized spacial score (nSPS) is 13.0. The summed E-state index contributed by atoms with van der Waals surface area (Å²) in [6.45, 7) is 9.12. The first-order valence-electron chi connectivity index (χ1n) is 9.77. The van der Waals surface area contributed by atoms with Gasteiger partial charge in [0.25, 0.3) is 0 Å². The highest BCUT2D eigenvalue weighted by atomic mass is 16.5. The van der Waals surface area contributed by atoms with Crippen molar-refractivity contribution in [3.05, 3.63) is 47.1 Å². The van der Waals surface area contributed by atoms with Crippen LogP contribution in [0.2, 0.25) is 0 Å². The Morgan fingerprint density at radius 2 is 1.46 bits per heavy atom. The molecule has 0 aliphatic carbocycles. The fourth-order valence-corrected chi connectivity index (χ4v) is 3.23. The Hall–Kier alpha value is -1.50. The maximum Gasteiger partial charge on any atom is 0.118 e. The molecule has 0 amide bonds. The van der Waals surface area contributed by atoms with Gasteiger partial charge in [0, 0.05) is 0 Å². The second-order valence-corrected chi connectivity index (χ2v) is 6.45. The number of rotatable bonds is 11. The Kier molecular flexibility index (Phi) is 10.2. The lowest BCUT2D eigenvalue weighted by atomic mass is 9.86. The Morgan fingerprint density at radius 1 is 0.833 bits per heavy atom. The van der Waals surface area contributed by atoms with Crippen LogP contribution in [0.3, 0.4) is 0 Å². The second kappa shape index (κ2) is 11.9. The van der Waals surface area contributed by atoms with Crippen LogP contribution in [0.1, 0.15) is 84.6 Å². The minimum Gasteiger partial charge on any atom is -0.497 e. The van der Waals surface area contributed by atoms with Gasteiger partial charge in [-0.05, 0) is 60.1 Å². The summed E-state index contributed by atoms with van der Waals surface area (Å²) < 4.78 is 5.33. The van der Waals surface area contributed by atoms with Crippen molar-refractivity contribution in [2.45, 2.75) is 79.1 Å². The number of hydrogen-bond acceptors (Lipinski definition) is 1. The number of hydrogen-bond donors (Lipinski definition) is 0. The van der Waals surface area contributed by atoms with Crippen LogP contribution in [0, 0.1) is 0 Å². The highest BCUT2D eigenvalue weighted by Crippen LogP contribution is 2.34. The topological polar surface area (TPSA) is 9.23 Å². The molecule has 1 aromatic rings. The third kappa shape index (κ3) is 6.19. The van der Waals surface area contributed by atoms with Gasteiger partial charge in [-0.25, -0.2) is 0 Å². The molecule has 0 N–H and O–H groups in total. The Bertz CT molecular complexity index is 519. The van der Waals surface area contributed by atoms with Crippen LogP contribution in [0.5, 0.6) is 5.75 Å². The lowest BCUT2D eigenvalue weighted by Gasteiger charge is -2.19. The van der Waals surface area contributed by atoms with E-state index in [9.17, 15) is 0 Å². The largest absolute Gasteiger partial charge is 0.497 e. The van der Waals surface area contributed by atoms with Crippen molar-refractivity contribution in [3.8, 4) is 5.75 Å². The molecule has 0 aliphatic heterocycles. The average molecular weight is 329 g/mol. The maximum atomic E-state index is 5.33. The fraction of sp³-hybridized carbons (Fsp3) is 0.565. The molecule has 0 unspecified atom stereocenters. The summed E-state index contributed by atoms with van der Waals surface area (Å²) in [5, 5.41) is 0. The van der Waals surface area contributed by atoms with Gasteiger partial charge >= 0.3 is 0 Å². The van der Waals surface area contributed by atoms with Gasteiger partial charge in [0.2, 0.25) is 0 Å². The monoisotopic (exact) mass is 328 g/mol. The molecule has 134 valence electrons. The molecule has 1 nitrogen and oxygen atoms in total. The standard InChI is InChI=1S/C23H36O/c1-6-10-14-19(11-7-2)22(12-8-3)23(13-9-4)20-15-17-21(24-5)18-16-20/h14-18H,6-13H2,1-5H3/b19-14+,23-22-. The van der Waals surface area contributed by atoms with E-state index in [0.717, 1.165) is 12.2 Å². The van der Waals surface area contributed by atoms with Crippen molar-refractivity contribution >= 4 is 5.57 Å². The van der Waals surface area contributed by atoms with Gasteiger partial charge in [0.15, 0.2) is 0 Å². The predicted molar refractivity (Wildman–Crippen MR) is 108 cm³/mol. The first kappa shape index (κ1) is 20.5. The summed E-state index contributed by atoms with van der Waals surface area (Å²) in [4.78, 5) is 0. The third-order valence-corrected chi connectivity index (χ3v) is 4.39. The molecular formula is C23H36O. The molecule has 24 heavy (non-hydrogen) atoms. The van der Waals surface area contributed by atoms with E-state index in [0.29, 0.717) is 0 Å². The SMILES string of the molecule is CCC/C=C(CCC)/C(CCC)=C(/CCC)c1ccc(OC)cc1. The molecule has 0 saturated heterocycles. The molecule has 0 fully saturated rings. The van der Waals surface area contributed by atoms with Crippen LogP contribution in [0.25, 0.3) is 5.57 Å². The van der Waals surface area contributed by atoms with Crippen LogP contribution >= 0.6 is 0 Å². The molecule has 1 aromatic carbocycles. The molecule has 0 atom stereocenters. The molecule has 1 heteroatoms. The number of unbranched alkanes of at least 4 members (excludes halogenated alkanes) is 1. The van der Waals surface area contributed by atoms with Crippen molar-refractivity contribution < 1.29 is 4.74 Å². The summed E-state index contributed by atoms with van der Waals surface area (Å²) in [7, 11) is 1.73. The summed E-state index contributed by atoms with van der Waals surface area (Å²) in [5.41, 5.74) is 6.08. The number of methoxy groups -OCH3 is 1. The van der Waals surface area contributed by atoms with E-state index in [2.05, 4.69) is 58.0 Å². The zero-order valence-electron chi connectivity index (χ0n) is 16.5. The van der Waals surface area contributed by atoms with E-state index in [4.69, 9.17) is 4.74 Å². The minimum absolute atomic E-state index is 0.932. The van der Waals surface area contributed by atoms with Crippen molar-refractivity contribution in [2.24, 2.45) is 0 Å². The van der Waals surface area contributed by atoms with Gasteiger partial charge in [-0.2, -0.15) is 0 Å². The highest BCUT2D eigenvalue weighted by Gasteiger charge is 2.12. The first-order valence-corrected chi connectivity index (χ1v) is 9.77. The van der Waals surface area contributed by atoms with Gasteiger partial charge in [-0.1, -0.05) is 71.6 Å². The Labute approximate surface area is 149 Å². The number of benzene rings is 1. The number of ether oxygens (including phenoxy) is 1. The van der Waals surface area contributed by atoms with Gasteiger partial charge in [-0.15, -0.1) is 0 Å². The average Bonchev–Trinajstić information content (AvgIpc) is 2.62. The summed E-state index contributed by atoms with van der Waals surface area (Å²) in [6, 6.07) is 8.62. The van der Waals surface area contributed by atoms with Gasteiger partial charge in [0.05, 0.1) is 7.11 Å². The summed E-state index contributed by atoms with van der Waals surface area (Å²) in [5.74, 6) is 0.932. The molecule has 0 bridgehead atoms. The van der Waals surface area contributed by atoms with Crippen molar-refractivity contribution in [1.29, 1.82) is 0 Å². The Balaban J connectivity index is 3.38. The molecular weight excluding hydrogens is 292 g/mol. The van der Waals surface area contributed by atoms with Crippen molar-refractivity contribution in [2.75, 3.05) is 7.11 Å². The smallest absolute Gasteiger partial charge is 0.118 e. The minimum atomic E-state index is 0.932. The molecule has 0 radical (unpaired) electrons. The van der Waals surface area contributed by atoms with E-state index in [1.165, 1.54) is 56.1 Å². The third-order valence-electron chi connectivity index (χ3n) is 4.39. The molecule has 1 rings (SSSR count). The lowest BCUT2D eigenvalue weighted by Crippen LogP contribution is -1.98. The quantitative estimate of drug-likeness (QED) is 0.380. The maximum absolute atomic E-state index is 5.33. The van der Waals surface area contributed by atoms with Crippen LogP contribution in [0.15, 0.2) is 41.5 Å². The summed E-state index contributed by atoms with van der Waals surface area (Å²) in [6.07, 6.45) is 12.0. The Morgan fingerprint density at radius 3 is 1.96 bits per heavy atom. The summed E-state index contributed by atoms with van der Waals surface area (Å²) >= 11 is 0. The van der Waals surface area contributed by atoms with E-state index in [-0.39, 0.29) is 0 Å². The molecule has 0 heterocycles. The van der Waals surface area contributed by atoms with E-state index >= 15 is 0 Å². The second-order valence-electron chi connectivity index (χ2n) is 6.45. The van der Waals surface area contributed by atoms with Crippen LogP contribution < -0.4 is 4.74 Å². The van der Waals surface area contributed by atoms with Gasteiger partial charge in [-0.3, -0.25) is 0 Å². The van der Waals surface area contributed by atoms with Crippen molar-refractivity contribution in [3.63, 3.8) is 0 Å². The van der Waals surface area contributed by atoms with E-state index in [1.807, 2.05) is 0 Å². The van der Waals surface area contributed by atoms with E-state index in [1.54, 1.807) is 18.3 Å². The van der Waals surface area contributed by atoms with Crippen LogP contribution in [-0.2, 0) is 0 Å². The first-order chi connectivity index (χ1) is 11.7. The molecule has 0 spiro atoms. The molecule has 0 aliphatic rings. The molecule has 0 aromatic heterocycles. The fourth-order valence-electron chi connectivity index (χ4n) is 3.23. The van der Waals surface area contributed by atoms with Gasteiger partial charge < -0.3 is 4.74 Å². The zero-order valence-corrected chi connectivity index (χ0v) is 16.5. The van der Waals surface area contributed by atoms with Crippen molar-refractivity contribution in [1.82, 2.24) is 0 Å². The van der Waals surface area contributed by atoms with Gasteiger partial charge in [0.1, 0.15) is 5.75 Å². The molecule has 0 saturated carbocycles. The van der Waals surface area contributed by atoms with E-state index < -0.39 is 0 Å². The van der Waals surface area contributed by atoms with Crippen LogP contribution in [-0.4, -0.2) is 7.11 Å². The zero-order chi connectivity index (χ0) is 17.8. The highest BCUT2D eigenvalue weighted by molar-refractivity contribution is 5.73. The van der Waals surface area contributed by atoms with Crippen LogP contribution in [0.4, 0.5) is 0 Å². The number of allylic oxidation sites excluding steroid dienone is 4. The lowest BCUT2D eigenvalue weighted by molar-refractivity contribution is 0.415.